The predicted octanol–water partition coefficient (Wildman–Crippen LogP) is 3.58. The number of aromatic nitrogens is 1. The molecule has 1 aromatic carbocycles. The van der Waals surface area contributed by atoms with Gasteiger partial charge < -0.3 is 15.2 Å². The maximum absolute atomic E-state index is 12.6. The molecule has 0 aliphatic rings. The fourth-order valence-corrected chi connectivity index (χ4v) is 2.46. The van der Waals surface area contributed by atoms with Crippen LogP contribution in [0, 0.1) is 5.92 Å². The Morgan fingerprint density at radius 3 is 2.43 bits per heavy atom. The molecule has 2 N–H and O–H groups in total. The lowest BCUT2D eigenvalue weighted by Gasteiger charge is -2.16. The average Bonchev–Trinajstić information content (AvgIpc) is 2.51. The molecule has 0 fully saturated rings. The lowest BCUT2D eigenvalue weighted by molar-refractivity contribution is 0.249. The van der Waals surface area contributed by atoms with Gasteiger partial charge in [0.2, 0.25) is 0 Å². The molecule has 0 bridgehead atoms. The zero-order chi connectivity index (χ0) is 17.0. The van der Waals surface area contributed by atoms with Crippen LogP contribution < -0.4 is 16.2 Å². The Kier molecular flexibility index (Phi) is 5.42. The van der Waals surface area contributed by atoms with Gasteiger partial charge in [0.25, 0.3) is 5.56 Å². The Labute approximate surface area is 136 Å². The van der Waals surface area contributed by atoms with Gasteiger partial charge in [0.1, 0.15) is 0 Å². The van der Waals surface area contributed by atoms with Crippen molar-refractivity contribution >= 4 is 22.5 Å². The third-order valence-corrected chi connectivity index (χ3v) is 3.79. The van der Waals surface area contributed by atoms with Gasteiger partial charge in [0, 0.05) is 29.6 Å². The molecular formula is C18H25N3O2. The summed E-state index contributed by atoms with van der Waals surface area (Å²) in [6.07, 6.45) is 2.60. The SMILES string of the molecule is CCC(C)NC(=O)Nc1cn(CC(C)C)c(=O)c2ccccc12. The van der Waals surface area contributed by atoms with Gasteiger partial charge >= 0.3 is 6.03 Å². The molecule has 2 amide bonds. The predicted molar refractivity (Wildman–Crippen MR) is 95.0 cm³/mol. The first-order chi connectivity index (χ1) is 10.9. The average molecular weight is 315 g/mol. The van der Waals surface area contributed by atoms with Crippen molar-refractivity contribution in [3.8, 4) is 0 Å². The van der Waals surface area contributed by atoms with Crippen molar-refractivity contribution in [2.45, 2.75) is 46.7 Å². The molecule has 2 aromatic rings. The summed E-state index contributed by atoms with van der Waals surface area (Å²) in [7, 11) is 0. The molecule has 0 saturated carbocycles. The lowest BCUT2D eigenvalue weighted by atomic mass is 10.1. The molecule has 2 rings (SSSR count). The zero-order valence-electron chi connectivity index (χ0n) is 14.2. The number of hydrogen-bond acceptors (Lipinski definition) is 2. The van der Waals surface area contributed by atoms with Gasteiger partial charge in [0.15, 0.2) is 0 Å². The largest absolute Gasteiger partial charge is 0.335 e. The summed E-state index contributed by atoms with van der Waals surface area (Å²) in [6, 6.07) is 7.21. The molecule has 5 nitrogen and oxygen atoms in total. The number of rotatable bonds is 5. The first-order valence-electron chi connectivity index (χ1n) is 8.12. The van der Waals surface area contributed by atoms with Crippen molar-refractivity contribution in [3.05, 3.63) is 40.8 Å². The van der Waals surface area contributed by atoms with Gasteiger partial charge in [0.05, 0.1) is 5.69 Å². The number of nitrogens with zero attached hydrogens (tertiary/aromatic N) is 1. The van der Waals surface area contributed by atoms with Gasteiger partial charge in [-0.1, -0.05) is 39.0 Å². The van der Waals surface area contributed by atoms with Crippen LogP contribution in [0.4, 0.5) is 10.5 Å². The van der Waals surface area contributed by atoms with E-state index in [1.54, 1.807) is 16.8 Å². The highest BCUT2D eigenvalue weighted by Crippen LogP contribution is 2.20. The normalized spacial score (nSPS) is 12.4. The summed E-state index contributed by atoms with van der Waals surface area (Å²) in [6.45, 7) is 8.71. The maximum Gasteiger partial charge on any atom is 0.319 e. The zero-order valence-corrected chi connectivity index (χ0v) is 14.2. The third-order valence-electron chi connectivity index (χ3n) is 3.79. The summed E-state index contributed by atoms with van der Waals surface area (Å²) >= 11 is 0. The van der Waals surface area contributed by atoms with Crippen LogP contribution in [0.25, 0.3) is 10.8 Å². The summed E-state index contributed by atoms with van der Waals surface area (Å²) in [5.41, 5.74) is 0.629. The van der Waals surface area contributed by atoms with Crippen molar-refractivity contribution < 1.29 is 4.79 Å². The highest BCUT2D eigenvalue weighted by Gasteiger charge is 2.12. The number of anilines is 1. The van der Waals surface area contributed by atoms with Crippen LogP contribution in [-0.2, 0) is 6.54 Å². The molecule has 23 heavy (non-hydrogen) atoms. The van der Waals surface area contributed by atoms with Gasteiger partial charge in [-0.25, -0.2) is 4.79 Å². The van der Waals surface area contributed by atoms with Gasteiger partial charge in [-0.05, 0) is 25.3 Å². The van der Waals surface area contributed by atoms with E-state index in [-0.39, 0.29) is 17.6 Å². The monoisotopic (exact) mass is 315 g/mol. The van der Waals surface area contributed by atoms with Crippen LogP contribution >= 0.6 is 0 Å². The number of amides is 2. The Bertz CT molecular complexity index is 750. The van der Waals surface area contributed by atoms with Crippen molar-refractivity contribution in [3.63, 3.8) is 0 Å². The van der Waals surface area contributed by atoms with Crippen molar-refractivity contribution in [2.75, 3.05) is 5.32 Å². The second-order valence-corrected chi connectivity index (χ2v) is 6.35. The molecule has 0 saturated heterocycles. The van der Waals surface area contributed by atoms with Crippen molar-refractivity contribution in [1.29, 1.82) is 0 Å². The third kappa shape index (κ3) is 4.12. The second-order valence-electron chi connectivity index (χ2n) is 6.35. The smallest absolute Gasteiger partial charge is 0.319 e. The quantitative estimate of drug-likeness (QED) is 0.886. The Balaban J connectivity index is 2.43. The van der Waals surface area contributed by atoms with Crippen LogP contribution in [0.15, 0.2) is 35.3 Å². The van der Waals surface area contributed by atoms with E-state index in [9.17, 15) is 9.59 Å². The number of nitrogens with one attached hydrogen (secondary N) is 2. The maximum atomic E-state index is 12.6. The molecule has 0 spiro atoms. The van der Waals surface area contributed by atoms with Crippen molar-refractivity contribution in [2.24, 2.45) is 5.92 Å². The highest BCUT2D eigenvalue weighted by molar-refractivity contribution is 6.01. The first-order valence-corrected chi connectivity index (χ1v) is 8.12. The number of hydrogen-bond donors (Lipinski definition) is 2. The molecule has 0 radical (unpaired) electrons. The molecule has 124 valence electrons. The summed E-state index contributed by atoms with van der Waals surface area (Å²) in [5, 5.41) is 7.14. The minimum atomic E-state index is -0.251. The Morgan fingerprint density at radius 2 is 1.83 bits per heavy atom. The Hall–Kier alpha value is -2.30. The fourth-order valence-electron chi connectivity index (χ4n) is 2.46. The number of carbonyl (C=O) groups is 1. The minimum Gasteiger partial charge on any atom is -0.335 e. The molecule has 0 aliphatic carbocycles. The fraction of sp³-hybridized carbons (Fsp3) is 0.444. The molecule has 1 atom stereocenters. The van der Waals surface area contributed by atoms with E-state index in [0.717, 1.165) is 11.8 Å². The molecule has 1 unspecified atom stereocenters. The van der Waals surface area contributed by atoms with Crippen LogP contribution in [-0.4, -0.2) is 16.6 Å². The lowest BCUT2D eigenvalue weighted by Crippen LogP contribution is -2.36. The summed E-state index contributed by atoms with van der Waals surface area (Å²) in [4.78, 5) is 24.7. The molecular weight excluding hydrogens is 290 g/mol. The molecule has 1 heterocycles. The number of benzene rings is 1. The topological polar surface area (TPSA) is 63.1 Å². The van der Waals surface area contributed by atoms with Crippen molar-refractivity contribution in [1.82, 2.24) is 9.88 Å². The molecule has 1 aromatic heterocycles. The van der Waals surface area contributed by atoms with E-state index in [1.165, 1.54) is 0 Å². The number of pyridine rings is 1. The van der Waals surface area contributed by atoms with Gasteiger partial charge in [-0.2, -0.15) is 0 Å². The number of urea groups is 1. The molecule has 5 heteroatoms. The van der Waals surface area contributed by atoms with Crippen LogP contribution in [0.5, 0.6) is 0 Å². The van der Waals surface area contributed by atoms with E-state index in [2.05, 4.69) is 24.5 Å². The van der Waals surface area contributed by atoms with E-state index < -0.39 is 0 Å². The standard InChI is InChI=1S/C18H25N3O2/c1-5-13(4)19-18(23)20-16-11-21(10-12(2)3)17(22)15-9-7-6-8-14(15)16/h6-9,11-13H,5,10H2,1-4H3,(H2,19,20,23). The number of fused-ring (bicyclic) bond motifs is 1. The van der Waals surface area contributed by atoms with Gasteiger partial charge in [-0.3, -0.25) is 4.79 Å². The molecule has 0 aliphatic heterocycles. The first kappa shape index (κ1) is 17.1. The van der Waals surface area contributed by atoms with E-state index >= 15 is 0 Å². The highest BCUT2D eigenvalue weighted by atomic mass is 16.2. The van der Waals surface area contributed by atoms with Gasteiger partial charge in [-0.15, -0.1) is 0 Å². The summed E-state index contributed by atoms with van der Waals surface area (Å²) < 4.78 is 1.67. The minimum absolute atomic E-state index is 0.0258. The van der Waals surface area contributed by atoms with E-state index in [0.29, 0.717) is 23.5 Å². The Morgan fingerprint density at radius 1 is 1.17 bits per heavy atom. The van der Waals surface area contributed by atoms with Crippen LogP contribution in [0.2, 0.25) is 0 Å². The number of carbonyl (C=O) groups excluding carboxylic acids is 1. The second kappa shape index (κ2) is 7.31. The van der Waals surface area contributed by atoms with E-state index in [4.69, 9.17) is 0 Å². The van der Waals surface area contributed by atoms with E-state index in [1.807, 2.05) is 32.0 Å². The van der Waals surface area contributed by atoms with Crippen LogP contribution in [0.1, 0.15) is 34.1 Å². The van der Waals surface area contributed by atoms with Crippen LogP contribution in [0.3, 0.4) is 0 Å². The summed E-state index contributed by atoms with van der Waals surface area (Å²) in [5.74, 6) is 0.343.